The number of hydrogen-bond donors (Lipinski definition) is 1. The summed E-state index contributed by atoms with van der Waals surface area (Å²) in [5.41, 5.74) is 6.06. The molecule has 18 heavy (non-hydrogen) atoms. The van der Waals surface area contributed by atoms with Crippen LogP contribution in [0, 0.1) is 0 Å². The second-order valence-corrected chi connectivity index (χ2v) is 3.46. The maximum absolute atomic E-state index is 12.2. The summed E-state index contributed by atoms with van der Waals surface area (Å²) in [6.45, 7) is 0.381. The van der Waals surface area contributed by atoms with Gasteiger partial charge in [-0.2, -0.15) is 13.2 Å². The molecule has 0 amide bonds. The predicted molar refractivity (Wildman–Crippen MR) is 57.8 cm³/mol. The number of Topliss-reactive ketones (excluding diaryl/α,β-unsaturated/α-hetero) is 1. The van der Waals surface area contributed by atoms with Crippen LogP contribution in [0.3, 0.4) is 0 Å². The number of carbonyl (C=O) groups excluding carboxylic acids is 1. The second kappa shape index (κ2) is 5.72. The van der Waals surface area contributed by atoms with Gasteiger partial charge in [0.25, 0.3) is 5.78 Å². The Morgan fingerprint density at radius 3 is 2.56 bits per heavy atom. The zero-order chi connectivity index (χ0) is 13.8. The van der Waals surface area contributed by atoms with Gasteiger partial charge >= 0.3 is 6.18 Å². The monoisotopic (exact) mass is 262 g/mol. The molecule has 1 aromatic carbocycles. The third-order valence-corrected chi connectivity index (χ3v) is 2.06. The van der Waals surface area contributed by atoms with Crippen molar-refractivity contribution >= 4 is 5.78 Å². The van der Waals surface area contributed by atoms with Gasteiger partial charge in [0.2, 0.25) is 0 Å². The smallest absolute Gasteiger partial charge is 0.455 e. The van der Waals surface area contributed by atoms with Gasteiger partial charge in [-0.05, 0) is 18.6 Å². The zero-order valence-electron chi connectivity index (χ0n) is 9.25. The van der Waals surface area contributed by atoms with E-state index >= 15 is 0 Å². The summed E-state index contributed by atoms with van der Waals surface area (Å²) in [6, 6.07) is 2.98. The highest BCUT2D eigenvalue weighted by molar-refractivity contribution is 6.02. The van der Waals surface area contributed by atoms with Crippen LogP contribution >= 0.6 is 0 Å². The van der Waals surface area contributed by atoms with Crippen LogP contribution in [0.1, 0.15) is 16.8 Å². The van der Waals surface area contributed by atoms with Crippen LogP contribution in [0.5, 0.6) is 11.5 Å². The zero-order valence-corrected chi connectivity index (χ0v) is 9.25. The molecule has 0 spiro atoms. The topological polar surface area (TPSA) is 70.3 Å². The Labute approximate surface area is 101 Å². The van der Waals surface area contributed by atoms with Crippen molar-refractivity contribution in [1.82, 2.24) is 0 Å². The normalized spacial score (nSPS) is 11.3. The number of hydrogen-bond acceptors (Lipinski definition) is 3. The van der Waals surface area contributed by atoms with E-state index in [4.69, 9.17) is 10.5 Å². The van der Waals surface area contributed by atoms with Gasteiger partial charge in [0.15, 0.2) is 0 Å². The van der Waals surface area contributed by atoms with Crippen molar-refractivity contribution in [2.45, 2.75) is 12.6 Å². The molecule has 0 saturated heterocycles. The van der Waals surface area contributed by atoms with E-state index in [1.807, 2.05) is 0 Å². The number of aromatic hydroxyl groups is 1. The quantitative estimate of drug-likeness (QED) is 0.655. The summed E-state index contributed by atoms with van der Waals surface area (Å²) in [4.78, 5) is 10.9. The van der Waals surface area contributed by atoms with Crippen molar-refractivity contribution in [3.8, 4) is 11.5 Å². The van der Waals surface area contributed by atoms with E-state index in [-0.39, 0.29) is 18.9 Å². The summed E-state index contributed by atoms with van der Waals surface area (Å²) in [7, 11) is 0. The highest BCUT2D eigenvalue weighted by Gasteiger charge is 2.40. The molecule has 0 heterocycles. The summed E-state index contributed by atoms with van der Waals surface area (Å²) in [5.74, 6) is -2.72. The number of phenolic OH excluding ortho intramolecular Hbond substituents is 1. The molecule has 0 unspecified atom stereocenters. The van der Waals surface area contributed by atoms with Crippen molar-refractivity contribution < 1.29 is 27.8 Å². The number of halogens is 3. The molecule has 0 aliphatic rings. The third-order valence-electron chi connectivity index (χ3n) is 2.06. The number of benzene rings is 1. The van der Waals surface area contributed by atoms with E-state index in [2.05, 4.69) is 0 Å². The Morgan fingerprint density at radius 2 is 2.06 bits per heavy atom. The fourth-order valence-corrected chi connectivity index (χ4v) is 1.21. The van der Waals surface area contributed by atoms with Gasteiger partial charge in [-0.3, -0.25) is 4.79 Å². The van der Waals surface area contributed by atoms with Crippen LogP contribution in [0.2, 0.25) is 0 Å². The third kappa shape index (κ3) is 3.63. The van der Waals surface area contributed by atoms with Crippen molar-refractivity contribution in [2.75, 3.05) is 13.2 Å². The molecular formula is C11H11F3NO3-. The van der Waals surface area contributed by atoms with Crippen LogP contribution in [-0.2, 0) is 0 Å². The Kier molecular flexibility index (Phi) is 4.55. The van der Waals surface area contributed by atoms with Crippen molar-refractivity contribution in [1.29, 1.82) is 0 Å². The van der Waals surface area contributed by atoms with Gasteiger partial charge in [-0.1, -0.05) is 0 Å². The summed E-state index contributed by atoms with van der Waals surface area (Å²) < 4.78 is 41.5. The maximum atomic E-state index is 12.2. The van der Waals surface area contributed by atoms with Crippen molar-refractivity contribution in [2.24, 2.45) is 0 Å². The fourth-order valence-electron chi connectivity index (χ4n) is 1.21. The average Bonchev–Trinajstić information content (AvgIpc) is 2.27. The van der Waals surface area contributed by atoms with Gasteiger partial charge in [0.1, 0.15) is 11.5 Å². The first kappa shape index (κ1) is 14.3. The number of rotatable bonds is 5. The first-order chi connectivity index (χ1) is 8.36. The SMILES string of the molecule is [NH-]CCCOc1ccc(C(=O)C(F)(F)F)c(O)c1. The largest absolute Gasteiger partial charge is 0.677 e. The molecule has 100 valence electrons. The molecule has 0 atom stereocenters. The minimum absolute atomic E-state index is 0.152. The molecule has 2 N–H and O–H groups in total. The van der Waals surface area contributed by atoms with E-state index in [0.717, 1.165) is 12.1 Å². The van der Waals surface area contributed by atoms with Crippen LogP contribution < -0.4 is 4.74 Å². The first-order valence-electron chi connectivity index (χ1n) is 5.08. The Balaban J connectivity index is 2.83. The summed E-state index contributed by atoms with van der Waals surface area (Å²) in [5, 5.41) is 9.34. The molecule has 0 fully saturated rings. The minimum Gasteiger partial charge on any atom is -0.677 e. The Hall–Kier alpha value is -1.76. The number of nitrogens with one attached hydrogen (secondary N) is 1. The molecular weight excluding hydrogens is 251 g/mol. The number of ether oxygens (including phenoxy) is 1. The van der Waals surface area contributed by atoms with E-state index in [1.54, 1.807) is 0 Å². The summed E-state index contributed by atoms with van der Waals surface area (Å²) in [6.07, 6.45) is -4.56. The molecule has 0 aromatic heterocycles. The van der Waals surface area contributed by atoms with Gasteiger partial charge in [-0.15, -0.1) is 6.54 Å². The number of ketones is 1. The lowest BCUT2D eigenvalue weighted by atomic mass is 10.1. The Bertz CT molecular complexity index is 432. The van der Waals surface area contributed by atoms with Crippen molar-refractivity contribution in [3.05, 3.63) is 29.5 Å². The highest BCUT2D eigenvalue weighted by Crippen LogP contribution is 2.29. The number of phenols is 1. The first-order valence-corrected chi connectivity index (χ1v) is 5.08. The molecule has 7 heteroatoms. The van der Waals surface area contributed by atoms with Gasteiger partial charge in [0, 0.05) is 6.07 Å². The molecule has 0 saturated carbocycles. The molecule has 4 nitrogen and oxygen atoms in total. The highest BCUT2D eigenvalue weighted by atomic mass is 19.4. The van der Waals surface area contributed by atoms with Crippen molar-refractivity contribution in [3.63, 3.8) is 0 Å². The van der Waals surface area contributed by atoms with Crippen LogP contribution in [0.25, 0.3) is 5.73 Å². The number of carbonyl (C=O) groups is 1. The summed E-state index contributed by atoms with van der Waals surface area (Å²) >= 11 is 0. The van der Waals surface area contributed by atoms with Crippen LogP contribution in [0.15, 0.2) is 18.2 Å². The van der Waals surface area contributed by atoms with E-state index < -0.39 is 23.3 Å². The van der Waals surface area contributed by atoms with E-state index in [9.17, 15) is 23.1 Å². The molecule has 0 aliphatic heterocycles. The van der Waals surface area contributed by atoms with Gasteiger partial charge < -0.3 is 15.6 Å². The predicted octanol–water partition coefficient (Wildman–Crippen LogP) is 2.96. The molecule has 1 aromatic rings. The van der Waals surface area contributed by atoms with Gasteiger partial charge in [-0.25, -0.2) is 0 Å². The molecule has 0 radical (unpaired) electrons. The minimum atomic E-state index is -5.02. The average molecular weight is 262 g/mol. The number of alkyl halides is 3. The lowest BCUT2D eigenvalue weighted by molar-refractivity contribution is -0.0886. The van der Waals surface area contributed by atoms with Crippen LogP contribution in [0.4, 0.5) is 13.2 Å². The Morgan fingerprint density at radius 1 is 1.39 bits per heavy atom. The fraction of sp³-hybridized carbons (Fsp3) is 0.364. The molecule has 0 aliphatic carbocycles. The maximum Gasteiger partial charge on any atom is 0.455 e. The standard InChI is InChI=1S/C11H11F3NO3/c12-11(13,14)10(17)8-3-2-7(6-9(8)16)18-5-1-4-15/h2-3,6,15-16H,1,4-5H2/q-1. The lowest BCUT2D eigenvalue weighted by Crippen LogP contribution is -2.22. The second-order valence-electron chi connectivity index (χ2n) is 3.46. The van der Waals surface area contributed by atoms with E-state index in [1.165, 1.54) is 6.07 Å². The molecule has 0 bridgehead atoms. The van der Waals surface area contributed by atoms with Gasteiger partial charge in [0.05, 0.1) is 12.2 Å². The molecule has 1 rings (SSSR count). The van der Waals surface area contributed by atoms with E-state index in [0.29, 0.717) is 6.42 Å². The van der Waals surface area contributed by atoms with Crippen LogP contribution in [-0.4, -0.2) is 30.2 Å². The lowest BCUT2D eigenvalue weighted by Gasteiger charge is -2.10.